The van der Waals surface area contributed by atoms with Gasteiger partial charge in [-0.25, -0.2) is 4.98 Å². The van der Waals surface area contributed by atoms with Crippen LogP contribution in [0.15, 0.2) is 18.2 Å². The number of carbonyl (C=O) groups excluding carboxylic acids is 1. The van der Waals surface area contributed by atoms with Crippen molar-refractivity contribution in [1.29, 1.82) is 0 Å². The molecule has 0 aliphatic carbocycles. The Labute approximate surface area is 158 Å². The van der Waals surface area contributed by atoms with Gasteiger partial charge in [-0.2, -0.15) is 0 Å². The number of nitrogens with zero attached hydrogens (tertiary/aromatic N) is 4. The molecule has 1 aromatic carbocycles. The van der Waals surface area contributed by atoms with Gasteiger partial charge in [0, 0.05) is 38.8 Å². The Balaban J connectivity index is 1.37. The van der Waals surface area contributed by atoms with E-state index in [1.165, 1.54) is 0 Å². The molecule has 144 valence electrons. The fourth-order valence-electron chi connectivity index (χ4n) is 4.61. The van der Waals surface area contributed by atoms with Gasteiger partial charge in [-0.15, -0.1) is 0 Å². The molecule has 0 saturated carbocycles. The molecule has 1 atom stereocenters. The van der Waals surface area contributed by atoms with Crippen LogP contribution in [0.25, 0.3) is 11.0 Å². The molecule has 5 rings (SSSR count). The lowest BCUT2D eigenvalue weighted by molar-refractivity contribution is -0.169. The lowest BCUT2D eigenvalue weighted by atomic mass is 9.84. The van der Waals surface area contributed by atoms with Crippen molar-refractivity contribution in [3.63, 3.8) is 0 Å². The number of rotatable bonds is 2. The molecule has 1 amide bonds. The van der Waals surface area contributed by atoms with Crippen molar-refractivity contribution in [2.45, 2.75) is 37.4 Å². The van der Waals surface area contributed by atoms with Crippen LogP contribution in [-0.4, -0.2) is 70.0 Å². The van der Waals surface area contributed by atoms with Gasteiger partial charge >= 0.3 is 0 Å². The Bertz CT molecular complexity index is 879. The molecule has 0 bridgehead atoms. The lowest BCUT2D eigenvalue weighted by Gasteiger charge is -2.47. The summed E-state index contributed by atoms with van der Waals surface area (Å²) in [7, 11) is 1.99. The van der Waals surface area contributed by atoms with Crippen molar-refractivity contribution in [3.8, 4) is 0 Å². The third-order valence-electron chi connectivity index (χ3n) is 6.48. The second-order valence-corrected chi connectivity index (χ2v) is 8.14. The van der Waals surface area contributed by atoms with E-state index in [9.17, 15) is 9.90 Å². The van der Waals surface area contributed by atoms with E-state index in [4.69, 9.17) is 9.72 Å². The van der Waals surface area contributed by atoms with E-state index in [0.717, 1.165) is 68.9 Å². The van der Waals surface area contributed by atoms with Crippen LogP contribution in [0.4, 0.5) is 5.95 Å². The van der Waals surface area contributed by atoms with E-state index in [2.05, 4.69) is 4.90 Å². The maximum absolute atomic E-state index is 13.0. The number of carbonyl (C=O) groups is 1. The van der Waals surface area contributed by atoms with Crippen LogP contribution in [0.3, 0.4) is 0 Å². The van der Waals surface area contributed by atoms with Gasteiger partial charge in [0.25, 0.3) is 5.91 Å². The Morgan fingerprint density at radius 1 is 1.26 bits per heavy atom. The second-order valence-electron chi connectivity index (χ2n) is 8.14. The minimum Gasteiger partial charge on any atom is -0.391 e. The minimum absolute atomic E-state index is 0.0525. The fourth-order valence-corrected chi connectivity index (χ4v) is 4.61. The average molecular weight is 370 g/mol. The number of imidazole rings is 1. The van der Waals surface area contributed by atoms with Gasteiger partial charge in [-0.3, -0.25) is 4.79 Å². The molecule has 2 aromatic rings. The molecule has 1 N–H and O–H groups in total. The average Bonchev–Trinajstić information content (AvgIpc) is 3.23. The van der Waals surface area contributed by atoms with Crippen LogP contribution >= 0.6 is 0 Å². The molecular weight excluding hydrogens is 344 g/mol. The summed E-state index contributed by atoms with van der Waals surface area (Å²) in [4.78, 5) is 21.8. The molecular formula is C20H26N4O3. The highest BCUT2D eigenvalue weighted by atomic mass is 16.5. The molecule has 0 radical (unpaired) electrons. The number of hydrogen-bond donors (Lipinski definition) is 1. The zero-order chi connectivity index (χ0) is 18.6. The molecule has 7 heteroatoms. The zero-order valence-corrected chi connectivity index (χ0v) is 15.7. The number of aliphatic hydroxyl groups excluding tert-OH is 1. The SMILES string of the molecule is Cn1c(N2CC[C@H](O)C2)nc2cc(C(=O)N3CCC4(CCO4)CC3)ccc21. The van der Waals surface area contributed by atoms with Crippen LogP contribution in [0.2, 0.25) is 0 Å². The van der Waals surface area contributed by atoms with E-state index in [0.29, 0.717) is 12.1 Å². The number of amides is 1. The predicted octanol–water partition coefficient (Wildman–Crippen LogP) is 1.54. The van der Waals surface area contributed by atoms with Crippen LogP contribution in [0.1, 0.15) is 36.0 Å². The zero-order valence-electron chi connectivity index (χ0n) is 15.7. The molecule has 3 aliphatic heterocycles. The van der Waals surface area contributed by atoms with Crippen LogP contribution in [-0.2, 0) is 11.8 Å². The monoisotopic (exact) mass is 370 g/mol. The lowest BCUT2D eigenvalue weighted by Crippen LogP contribution is -2.53. The molecule has 4 heterocycles. The number of aryl methyl sites for hydroxylation is 1. The minimum atomic E-state index is -0.288. The Hall–Kier alpha value is -2.12. The summed E-state index contributed by atoms with van der Waals surface area (Å²) < 4.78 is 7.79. The molecule has 1 aromatic heterocycles. The van der Waals surface area contributed by atoms with Crippen molar-refractivity contribution in [2.75, 3.05) is 37.7 Å². The number of benzene rings is 1. The Kier molecular flexibility index (Phi) is 3.91. The highest BCUT2D eigenvalue weighted by Gasteiger charge is 2.42. The molecule has 27 heavy (non-hydrogen) atoms. The van der Waals surface area contributed by atoms with E-state index in [1.807, 2.05) is 34.7 Å². The van der Waals surface area contributed by atoms with E-state index in [-0.39, 0.29) is 17.6 Å². The highest BCUT2D eigenvalue weighted by molar-refractivity contribution is 5.97. The quantitative estimate of drug-likeness (QED) is 0.868. The van der Waals surface area contributed by atoms with E-state index in [1.54, 1.807) is 0 Å². The normalized spacial score (nSPS) is 24.6. The summed E-state index contributed by atoms with van der Waals surface area (Å²) in [5.41, 5.74) is 2.58. The molecule has 0 unspecified atom stereocenters. The highest BCUT2D eigenvalue weighted by Crippen LogP contribution is 2.37. The number of hydrogen-bond acceptors (Lipinski definition) is 5. The second kappa shape index (κ2) is 6.21. The maximum Gasteiger partial charge on any atom is 0.253 e. The van der Waals surface area contributed by atoms with Crippen LogP contribution in [0.5, 0.6) is 0 Å². The third kappa shape index (κ3) is 2.80. The molecule has 3 saturated heterocycles. The number of fused-ring (bicyclic) bond motifs is 1. The summed E-state index contributed by atoms with van der Waals surface area (Å²) in [6.07, 6.45) is 3.48. The van der Waals surface area contributed by atoms with Crippen LogP contribution in [0, 0.1) is 0 Å². The van der Waals surface area contributed by atoms with E-state index >= 15 is 0 Å². The first-order valence-electron chi connectivity index (χ1n) is 9.87. The van der Waals surface area contributed by atoms with Crippen LogP contribution < -0.4 is 4.90 Å². The Morgan fingerprint density at radius 3 is 2.67 bits per heavy atom. The molecule has 1 spiro atoms. The molecule has 3 aliphatic rings. The van der Waals surface area contributed by atoms with Crippen molar-refractivity contribution in [1.82, 2.24) is 14.5 Å². The number of piperidine rings is 1. The first-order chi connectivity index (χ1) is 13.0. The van der Waals surface area contributed by atoms with Crippen molar-refractivity contribution in [2.24, 2.45) is 7.05 Å². The smallest absolute Gasteiger partial charge is 0.253 e. The van der Waals surface area contributed by atoms with Gasteiger partial charge in [0.05, 0.1) is 29.3 Å². The number of likely N-dealkylation sites (tertiary alicyclic amines) is 1. The third-order valence-corrected chi connectivity index (χ3v) is 6.48. The standard InChI is InChI=1S/C20H26N4O3/c1-22-17-3-2-14(12-16(17)21-19(22)24-8-4-15(25)13-24)18(26)23-9-5-20(6-10-23)7-11-27-20/h2-3,12,15,25H,4-11,13H2,1H3/t15-/m0/s1. The summed E-state index contributed by atoms with van der Waals surface area (Å²) >= 11 is 0. The largest absolute Gasteiger partial charge is 0.391 e. The van der Waals surface area contributed by atoms with Gasteiger partial charge < -0.3 is 24.2 Å². The summed E-state index contributed by atoms with van der Waals surface area (Å²) in [6.45, 7) is 3.80. The molecule has 3 fully saturated rings. The fraction of sp³-hybridized carbons (Fsp3) is 0.600. The number of aromatic nitrogens is 2. The Morgan fingerprint density at radius 2 is 2.04 bits per heavy atom. The topological polar surface area (TPSA) is 70.8 Å². The number of β-amino-alcohol motifs (C(OH)–C–C–N with tert-alkyl or cyclic N) is 1. The maximum atomic E-state index is 13.0. The predicted molar refractivity (Wildman–Crippen MR) is 102 cm³/mol. The van der Waals surface area contributed by atoms with Gasteiger partial charge in [-0.05, 0) is 43.9 Å². The summed E-state index contributed by atoms with van der Waals surface area (Å²) in [6, 6.07) is 5.78. The van der Waals surface area contributed by atoms with Gasteiger partial charge in [0.1, 0.15) is 0 Å². The number of aliphatic hydroxyl groups is 1. The van der Waals surface area contributed by atoms with Crippen molar-refractivity contribution in [3.05, 3.63) is 23.8 Å². The number of ether oxygens (including phenoxy) is 1. The van der Waals surface area contributed by atoms with E-state index < -0.39 is 0 Å². The van der Waals surface area contributed by atoms with Gasteiger partial charge in [0.2, 0.25) is 5.95 Å². The first-order valence-corrected chi connectivity index (χ1v) is 9.87. The molecule has 7 nitrogen and oxygen atoms in total. The van der Waals surface area contributed by atoms with Gasteiger partial charge in [-0.1, -0.05) is 0 Å². The first kappa shape index (κ1) is 17.0. The van der Waals surface area contributed by atoms with Gasteiger partial charge in [0.15, 0.2) is 0 Å². The number of anilines is 1. The van der Waals surface area contributed by atoms with Crippen molar-refractivity contribution < 1.29 is 14.6 Å². The summed E-state index contributed by atoms with van der Waals surface area (Å²) in [5, 5.41) is 9.81. The van der Waals surface area contributed by atoms with Crippen molar-refractivity contribution >= 4 is 22.9 Å². The summed E-state index contributed by atoms with van der Waals surface area (Å²) in [5.74, 6) is 0.933.